The molecule has 2 saturated carbocycles. The number of hydrogen-bond donors (Lipinski definition) is 2. The van der Waals surface area contributed by atoms with Gasteiger partial charge in [-0.3, -0.25) is 4.79 Å². The van der Waals surface area contributed by atoms with Crippen LogP contribution < -0.4 is 11.1 Å². The highest BCUT2D eigenvalue weighted by atomic mass is 16.2. The largest absolute Gasteiger partial charge is 0.369 e. The molecule has 28 heavy (non-hydrogen) atoms. The van der Waals surface area contributed by atoms with E-state index < -0.39 is 0 Å². The third kappa shape index (κ3) is 5.73. The van der Waals surface area contributed by atoms with Crippen LogP contribution in [0, 0.1) is 11.8 Å². The first-order valence-corrected chi connectivity index (χ1v) is 11.1. The summed E-state index contributed by atoms with van der Waals surface area (Å²) in [6.45, 7) is 0.698. The first-order chi connectivity index (χ1) is 13.6. The Labute approximate surface area is 169 Å². The van der Waals surface area contributed by atoms with Crippen LogP contribution in [0.25, 0.3) is 0 Å². The summed E-state index contributed by atoms with van der Waals surface area (Å²) >= 11 is 0. The summed E-state index contributed by atoms with van der Waals surface area (Å²) in [6.07, 6.45) is 12.6. The molecule has 3 amide bonds. The van der Waals surface area contributed by atoms with Gasteiger partial charge in [0.05, 0.1) is 5.92 Å². The zero-order valence-electron chi connectivity index (χ0n) is 16.9. The average Bonchev–Trinajstić information content (AvgIpc) is 2.72. The lowest BCUT2D eigenvalue weighted by Gasteiger charge is -2.39. The Morgan fingerprint density at radius 2 is 1.64 bits per heavy atom. The minimum Gasteiger partial charge on any atom is -0.369 e. The lowest BCUT2D eigenvalue weighted by atomic mass is 9.82. The topological polar surface area (TPSA) is 75.4 Å². The number of hydrogen-bond acceptors (Lipinski definition) is 2. The van der Waals surface area contributed by atoms with Crippen molar-refractivity contribution in [2.24, 2.45) is 17.6 Å². The van der Waals surface area contributed by atoms with Crippen LogP contribution in [-0.4, -0.2) is 29.4 Å². The van der Waals surface area contributed by atoms with Crippen molar-refractivity contribution in [1.82, 2.24) is 4.90 Å². The van der Waals surface area contributed by atoms with Gasteiger partial charge >= 0.3 is 6.03 Å². The van der Waals surface area contributed by atoms with Crippen LogP contribution >= 0.6 is 0 Å². The van der Waals surface area contributed by atoms with E-state index in [1.165, 1.54) is 38.5 Å². The maximum absolute atomic E-state index is 13.1. The molecule has 5 nitrogen and oxygen atoms in total. The smallest absolute Gasteiger partial charge is 0.322 e. The quantitative estimate of drug-likeness (QED) is 0.698. The Morgan fingerprint density at radius 3 is 2.36 bits per heavy atom. The van der Waals surface area contributed by atoms with Crippen LogP contribution in [0.2, 0.25) is 0 Å². The summed E-state index contributed by atoms with van der Waals surface area (Å²) in [7, 11) is 0. The molecular weight excluding hydrogens is 350 g/mol. The maximum atomic E-state index is 13.1. The summed E-state index contributed by atoms with van der Waals surface area (Å²) in [4.78, 5) is 27.1. The van der Waals surface area contributed by atoms with Crippen molar-refractivity contribution < 1.29 is 9.59 Å². The van der Waals surface area contributed by atoms with Gasteiger partial charge in [-0.1, -0.05) is 63.1 Å². The van der Waals surface area contributed by atoms with Gasteiger partial charge in [-0.15, -0.1) is 0 Å². The number of benzene rings is 1. The Hall–Kier alpha value is -2.04. The lowest BCUT2D eigenvalue weighted by Crippen LogP contribution is -2.51. The second-order valence-corrected chi connectivity index (χ2v) is 8.50. The van der Waals surface area contributed by atoms with E-state index in [-0.39, 0.29) is 23.9 Å². The summed E-state index contributed by atoms with van der Waals surface area (Å²) in [5.41, 5.74) is 6.48. The van der Waals surface area contributed by atoms with E-state index in [1.54, 1.807) is 0 Å². The van der Waals surface area contributed by atoms with E-state index in [4.69, 9.17) is 5.73 Å². The van der Waals surface area contributed by atoms with Gasteiger partial charge in [0, 0.05) is 18.3 Å². The van der Waals surface area contributed by atoms with Gasteiger partial charge < -0.3 is 16.0 Å². The fourth-order valence-electron chi connectivity index (χ4n) is 4.98. The third-order valence-corrected chi connectivity index (χ3v) is 6.52. The van der Waals surface area contributed by atoms with Crippen LogP contribution in [0.4, 0.5) is 10.5 Å². The zero-order valence-corrected chi connectivity index (χ0v) is 16.9. The molecule has 0 unspecified atom stereocenters. The Bertz CT molecular complexity index is 628. The lowest BCUT2D eigenvalue weighted by molar-refractivity contribution is -0.124. The monoisotopic (exact) mass is 385 g/mol. The molecule has 1 aromatic carbocycles. The number of urea groups is 1. The molecule has 0 radical (unpaired) electrons. The van der Waals surface area contributed by atoms with E-state index in [0.717, 1.165) is 43.7 Å². The number of carbonyl (C=O) groups is 2. The van der Waals surface area contributed by atoms with E-state index >= 15 is 0 Å². The highest BCUT2D eigenvalue weighted by Crippen LogP contribution is 2.31. The molecule has 0 aliphatic heterocycles. The molecule has 0 bridgehead atoms. The normalized spacial score (nSPS) is 23.1. The summed E-state index contributed by atoms with van der Waals surface area (Å²) in [5, 5.41) is 3.02. The third-order valence-electron chi connectivity index (χ3n) is 6.52. The number of rotatable bonds is 7. The van der Waals surface area contributed by atoms with Gasteiger partial charge in [-0.05, 0) is 43.7 Å². The predicted molar refractivity (Wildman–Crippen MR) is 113 cm³/mol. The summed E-state index contributed by atoms with van der Waals surface area (Å²) in [5.74, 6) is 0.297. The highest BCUT2D eigenvalue weighted by molar-refractivity contribution is 5.90. The number of para-hydroxylation sites is 1. The minimum atomic E-state index is -0.269. The fraction of sp³-hybridized carbons (Fsp3) is 0.652. The molecule has 0 aromatic heterocycles. The fourth-order valence-corrected chi connectivity index (χ4v) is 4.98. The minimum absolute atomic E-state index is 0.0821. The van der Waals surface area contributed by atoms with Crippen molar-refractivity contribution in [3.05, 3.63) is 30.3 Å². The number of nitrogens with two attached hydrogens (primary N) is 1. The van der Waals surface area contributed by atoms with Crippen molar-refractivity contribution in [1.29, 1.82) is 0 Å². The summed E-state index contributed by atoms with van der Waals surface area (Å²) in [6, 6.07) is 9.36. The standard InChI is InChI=1S/C23H35N3O2/c24-22(27)20-15-7-8-16-21(20)26(17-9-12-18-10-3-1-4-11-18)23(28)25-19-13-5-2-6-14-19/h2,5-6,13-14,18,20-21H,1,3-4,7-12,15-17H2,(H2,24,27)(H,25,28)/t20-,21-/m0/s1. The first-order valence-electron chi connectivity index (χ1n) is 11.1. The van der Waals surface area contributed by atoms with E-state index in [0.29, 0.717) is 6.54 Å². The average molecular weight is 386 g/mol. The van der Waals surface area contributed by atoms with Crippen molar-refractivity contribution in [2.75, 3.05) is 11.9 Å². The molecule has 3 N–H and O–H groups in total. The molecule has 2 fully saturated rings. The van der Waals surface area contributed by atoms with E-state index in [9.17, 15) is 9.59 Å². The van der Waals surface area contributed by atoms with Crippen LogP contribution in [0.3, 0.4) is 0 Å². The van der Waals surface area contributed by atoms with Gasteiger partial charge in [0.25, 0.3) is 0 Å². The molecule has 2 aliphatic carbocycles. The maximum Gasteiger partial charge on any atom is 0.322 e. The van der Waals surface area contributed by atoms with E-state index in [1.807, 2.05) is 35.2 Å². The number of anilines is 1. The number of carbonyl (C=O) groups excluding carboxylic acids is 2. The molecule has 0 heterocycles. The Morgan fingerprint density at radius 1 is 0.964 bits per heavy atom. The van der Waals surface area contributed by atoms with Gasteiger partial charge in [0.2, 0.25) is 5.91 Å². The molecule has 154 valence electrons. The number of amides is 3. The molecule has 0 spiro atoms. The van der Waals surface area contributed by atoms with Crippen LogP contribution in [0.15, 0.2) is 30.3 Å². The second-order valence-electron chi connectivity index (χ2n) is 8.50. The van der Waals surface area contributed by atoms with Gasteiger partial charge in [0.1, 0.15) is 0 Å². The molecular formula is C23H35N3O2. The van der Waals surface area contributed by atoms with Gasteiger partial charge in [-0.25, -0.2) is 4.79 Å². The molecule has 3 rings (SSSR count). The predicted octanol–water partition coefficient (Wildman–Crippen LogP) is 4.93. The molecule has 2 aliphatic rings. The molecule has 0 saturated heterocycles. The van der Waals surface area contributed by atoms with E-state index in [2.05, 4.69) is 5.32 Å². The van der Waals surface area contributed by atoms with Crippen LogP contribution in [0.5, 0.6) is 0 Å². The Balaban J connectivity index is 1.66. The number of nitrogens with zero attached hydrogens (tertiary/aromatic N) is 1. The summed E-state index contributed by atoms with van der Waals surface area (Å²) < 4.78 is 0. The van der Waals surface area contributed by atoms with Crippen LogP contribution in [0.1, 0.15) is 70.6 Å². The van der Waals surface area contributed by atoms with Crippen molar-refractivity contribution >= 4 is 17.6 Å². The second kappa shape index (κ2) is 10.5. The zero-order chi connectivity index (χ0) is 19.8. The van der Waals surface area contributed by atoms with Crippen molar-refractivity contribution in [3.63, 3.8) is 0 Å². The van der Waals surface area contributed by atoms with Crippen molar-refractivity contribution in [3.8, 4) is 0 Å². The van der Waals surface area contributed by atoms with Crippen LogP contribution in [-0.2, 0) is 4.79 Å². The molecule has 2 atom stereocenters. The number of primary amides is 1. The Kier molecular flexibility index (Phi) is 7.75. The highest BCUT2D eigenvalue weighted by Gasteiger charge is 2.36. The van der Waals surface area contributed by atoms with Crippen molar-refractivity contribution in [2.45, 2.75) is 76.7 Å². The molecule has 1 aromatic rings. The first kappa shape index (κ1) is 20.7. The van der Waals surface area contributed by atoms with Gasteiger partial charge in [-0.2, -0.15) is 0 Å². The van der Waals surface area contributed by atoms with Gasteiger partial charge in [0.15, 0.2) is 0 Å². The number of nitrogens with one attached hydrogen (secondary N) is 1. The SMILES string of the molecule is NC(=O)[C@H]1CCCC[C@@H]1N(CCCC1CCCCC1)C(=O)Nc1ccccc1. The molecule has 5 heteroatoms.